The van der Waals surface area contributed by atoms with E-state index in [-0.39, 0.29) is 22.4 Å². The fourth-order valence-electron chi connectivity index (χ4n) is 6.94. The minimum atomic E-state index is -1.57. The van der Waals surface area contributed by atoms with Crippen molar-refractivity contribution < 1.29 is 9.00 Å². The Kier molecular flexibility index (Phi) is 6.81. The van der Waals surface area contributed by atoms with Crippen LogP contribution in [0.2, 0.25) is 5.15 Å². The number of piperidine rings is 1. The lowest BCUT2D eigenvalue weighted by molar-refractivity contribution is 0.0979. The summed E-state index contributed by atoms with van der Waals surface area (Å²) >= 11 is 6.09. The fourth-order valence-corrected chi connectivity index (χ4v) is 7.45. The SMILES string of the molecule is Cc1cc(C(C)Nc2ccc(Cl)nc2C(=O)NS(C)=O)c2nc(N3CC4C(C3)C4c3cc4n(n3)CCC4)n(C)c(=O)c2c1. The lowest BCUT2D eigenvalue weighted by Crippen LogP contribution is -2.32. The van der Waals surface area contributed by atoms with Crippen LogP contribution in [0.4, 0.5) is 11.6 Å². The second-order valence-electron chi connectivity index (χ2n) is 12.0. The number of hydrogen-bond donors (Lipinski definition) is 2. The van der Waals surface area contributed by atoms with Gasteiger partial charge in [-0.1, -0.05) is 17.7 Å². The molecule has 0 spiro atoms. The summed E-state index contributed by atoms with van der Waals surface area (Å²) < 4.78 is 17.8. The van der Waals surface area contributed by atoms with Crippen molar-refractivity contribution in [2.45, 2.75) is 45.2 Å². The van der Waals surface area contributed by atoms with E-state index < -0.39 is 16.9 Å². The number of pyridine rings is 1. The topological polar surface area (TPSA) is 127 Å². The molecular weight excluding hydrogens is 588 g/mol. The molecule has 1 amide bonds. The molecule has 4 aromatic rings. The molecule has 3 aliphatic rings. The molecule has 3 aromatic heterocycles. The van der Waals surface area contributed by atoms with E-state index in [0.717, 1.165) is 37.2 Å². The molecule has 7 rings (SSSR count). The van der Waals surface area contributed by atoms with Crippen molar-refractivity contribution in [3.05, 3.63) is 74.0 Å². The van der Waals surface area contributed by atoms with Gasteiger partial charge in [0.2, 0.25) is 5.95 Å². The maximum atomic E-state index is 13.7. The average Bonchev–Trinajstić information content (AvgIpc) is 3.33. The van der Waals surface area contributed by atoms with Crippen LogP contribution >= 0.6 is 11.6 Å². The molecule has 11 nitrogen and oxygen atoms in total. The number of hydrogen-bond acceptors (Lipinski definition) is 8. The Morgan fingerprint density at radius 2 is 1.93 bits per heavy atom. The largest absolute Gasteiger partial charge is 0.377 e. The van der Waals surface area contributed by atoms with Crippen LogP contribution in [0.1, 0.15) is 58.3 Å². The second-order valence-corrected chi connectivity index (χ2v) is 13.5. The van der Waals surface area contributed by atoms with Gasteiger partial charge in [-0.15, -0.1) is 0 Å². The van der Waals surface area contributed by atoms with Gasteiger partial charge in [0.25, 0.3) is 11.5 Å². The molecule has 43 heavy (non-hydrogen) atoms. The third kappa shape index (κ3) is 4.90. The maximum absolute atomic E-state index is 13.7. The Hall–Kier alpha value is -3.77. The Labute approximate surface area is 256 Å². The van der Waals surface area contributed by atoms with Gasteiger partial charge in [-0.05, 0) is 68.4 Å². The summed E-state index contributed by atoms with van der Waals surface area (Å²) in [6, 6.07) is 9.07. The molecule has 1 aliphatic carbocycles. The van der Waals surface area contributed by atoms with Gasteiger partial charge < -0.3 is 10.2 Å². The van der Waals surface area contributed by atoms with Crippen molar-refractivity contribution in [1.82, 2.24) is 29.0 Å². The van der Waals surface area contributed by atoms with Gasteiger partial charge in [-0.3, -0.25) is 23.6 Å². The summed E-state index contributed by atoms with van der Waals surface area (Å²) in [5, 5.41) is 8.92. The highest BCUT2D eigenvalue weighted by Crippen LogP contribution is 2.58. The summed E-state index contributed by atoms with van der Waals surface area (Å²) in [6.07, 6.45) is 3.66. The Bertz CT molecular complexity index is 1850. The quantitative estimate of drug-likeness (QED) is 0.301. The summed E-state index contributed by atoms with van der Waals surface area (Å²) in [6.45, 7) is 6.59. The average molecular weight is 621 g/mol. The summed E-state index contributed by atoms with van der Waals surface area (Å²) in [7, 11) is 0.221. The zero-order chi connectivity index (χ0) is 30.2. The molecular formula is C30H33ClN8O3S. The molecule has 0 radical (unpaired) electrons. The number of halogens is 1. The molecule has 0 bridgehead atoms. The van der Waals surface area contributed by atoms with E-state index in [1.165, 1.54) is 24.1 Å². The van der Waals surface area contributed by atoms with Gasteiger partial charge in [0.15, 0.2) is 5.69 Å². The van der Waals surface area contributed by atoms with E-state index in [1.807, 2.05) is 26.0 Å². The minimum Gasteiger partial charge on any atom is -0.377 e. The van der Waals surface area contributed by atoms with Crippen LogP contribution in [0.25, 0.3) is 10.9 Å². The van der Waals surface area contributed by atoms with Crippen LogP contribution in [0.3, 0.4) is 0 Å². The van der Waals surface area contributed by atoms with Gasteiger partial charge in [-0.2, -0.15) is 5.10 Å². The first kappa shape index (κ1) is 28.0. The van der Waals surface area contributed by atoms with Crippen molar-refractivity contribution in [2.75, 3.05) is 29.6 Å². The van der Waals surface area contributed by atoms with Crippen molar-refractivity contribution in [2.24, 2.45) is 18.9 Å². The first-order valence-corrected chi connectivity index (χ1v) is 16.4. The molecule has 224 valence electrons. The molecule has 5 heterocycles. The number of benzene rings is 1. The molecule has 1 saturated carbocycles. The number of aromatic nitrogens is 5. The Morgan fingerprint density at radius 3 is 2.65 bits per heavy atom. The number of fused-ring (bicyclic) bond motifs is 3. The molecule has 4 atom stereocenters. The standard InChI is InChI=1S/C30H33ClN8O3S/c1-15-10-18(16(2)32-22-7-8-24(31)33-27(22)28(40)36-43(4)42)26-19(11-15)29(41)37(3)30(34-26)38-13-20-21(14-38)25(20)23-12-17-6-5-9-39(17)35-23/h7-8,10-12,16,20-21,25,32H,5-6,9,13-14H2,1-4H3,(H,36,40). The van der Waals surface area contributed by atoms with Crippen LogP contribution in [0, 0.1) is 18.8 Å². The van der Waals surface area contributed by atoms with Crippen LogP contribution < -0.4 is 20.5 Å². The highest BCUT2D eigenvalue weighted by Gasteiger charge is 2.58. The number of amides is 1. The van der Waals surface area contributed by atoms with Crippen molar-refractivity contribution in [3.8, 4) is 0 Å². The number of carbonyl (C=O) groups is 1. The number of carbonyl (C=O) groups excluding carboxylic acids is 1. The number of anilines is 2. The van der Waals surface area contributed by atoms with Gasteiger partial charge >= 0.3 is 0 Å². The summed E-state index contributed by atoms with van der Waals surface area (Å²) in [4.78, 5) is 37.9. The van der Waals surface area contributed by atoms with E-state index in [4.69, 9.17) is 21.7 Å². The van der Waals surface area contributed by atoms with Crippen molar-refractivity contribution in [1.29, 1.82) is 0 Å². The first-order valence-electron chi connectivity index (χ1n) is 14.5. The van der Waals surface area contributed by atoms with Crippen LogP contribution in [0.15, 0.2) is 35.1 Å². The van der Waals surface area contributed by atoms with E-state index in [1.54, 1.807) is 23.7 Å². The number of nitrogens with one attached hydrogen (secondary N) is 2. The second kappa shape index (κ2) is 10.4. The highest BCUT2D eigenvalue weighted by atomic mass is 35.5. The fraction of sp³-hybridized carbons (Fsp3) is 0.433. The van der Waals surface area contributed by atoms with E-state index in [2.05, 4.69) is 30.7 Å². The molecule has 2 N–H and O–H groups in total. The van der Waals surface area contributed by atoms with Gasteiger partial charge in [0, 0.05) is 50.1 Å². The smallest absolute Gasteiger partial charge is 0.283 e. The zero-order valence-electron chi connectivity index (χ0n) is 24.4. The lowest BCUT2D eigenvalue weighted by Gasteiger charge is -2.25. The van der Waals surface area contributed by atoms with Gasteiger partial charge in [-0.25, -0.2) is 14.2 Å². The van der Waals surface area contributed by atoms with E-state index in [0.29, 0.717) is 40.3 Å². The molecule has 1 aromatic carbocycles. The van der Waals surface area contributed by atoms with Crippen LogP contribution in [-0.4, -0.2) is 53.8 Å². The predicted octanol–water partition coefficient (Wildman–Crippen LogP) is 3.48. The predicted molar refractivity (Wildman–Crippen MR) is 167 cm³/mol. The number of rotatable bonds is 7. The van der Waals surface area contributed by atoms with Crippen molar-refractivity contribution >= 4 is 51.0 Å². The van der Waals surface area contributed by atoms with Gasteiger partial charge in [0.05, 0.1) is 28.3 Å². The highest BCUT2D eigenvalue weighted by molar-refractivity contribution is 7.82. The Balaban J connectivity index is 1.19. The van der Waals surface area contributed by atoms with Crippen LogP contribution in [-0.2, 0) is 31.0 Å². The van der Waals surface area contributed by atoms with Crippen molar-refractivity contribution in [3.63, 3.8) is 0 Å². The minimum absolute atomic E-state index is 0.0323. The van der Waals surface area contributed by atoms with E-state index >= 15 is 0 Å². The molecule has 2 aliphatic heterocycles. The monoisotopic (exact) mass is 620 g/mol. The Morgan fingerprint density at radius 1 is 1.16 bits per heavy atom. The number of aryl methyl sites for hydroxylation is 3. The normalized spacial score (nSPS) is 21.9. The molecule has 1 saturated heterocycles. The summed E-state index contributed by atoms with van der Waals surface area (Å²) in [5.74, 6) is 1.57. The molecule has 2 fully saturated rings. The van der Waals surface area contributed by atoms with Gasteiger partial charge in [0.1, 0.15) is 16.1 Å². The number of nitrogens with zero attached hydrogens (tertiary/aromatic N) is 6. The maximum Gasteiger partial charge on any atom is 0.283 e. The third-order valence-electron chi connectivity index (χ3n) is 8.99. The third-order valence-corrected chi connectivity index (χ3v) is 9.67. The summed E-state index contributed by atoms with van der Waals surface area (Å²) in [5.41, 5.74) is 5.30. The first-order chi connectivity index (χ1) is 20.6. The molecule has 4 unspecified atom stereocenters. The van der Waals surface area contributed by atoms with E-state index in [9.17, 15) is 13.8 Å². The lowest BCUT2D eigenvalue weighted by atomic mass is 10.0. The molecule has 13 heteroatoms. The zero-order valence-corrected chi connectivity index (χ0v) is 26.0. The van der Waals surface area contributed by atoms with Crippen LogP contribution in [0.5, 0.6) is 0 Å².